The van der Waals surface area contributed by atoms with Gasteiger partial charge in [0.15, 0.2) is 9.84 Å². The minimum absolute atomic E-state index is 0.0391. The Balaban J connectivity index is 0.000000596. The Kier molecular flexibility index (Phi) is 6.98. The van der Waals surface area contributed by atoms with E-state index in [1.807, 2.05) is 30.3 Å². The molecule has 5 nitrogen and oxygen atoms in total. The van der Waals surface area contributed by atoms with Crippen LogP contribution in [0, 0.1) is 0 Å². The monoisotopic (exact) mass is 450 g/mol. The Morgan fingerprint density at radius 3 is 2.26 bits per heavy atom. The molecule has 27 heavy (non-hydrogen) atoms. The maximum Gasteiger partial charge on any atom is 0.300 e. The molecule has 3 aromatic carbocycles. The highest BCUT2D eigenvalue weighted by atomic mass is 79.9. The van der Waals surface area contributed by atoms with Gasteiger partial charge in [-0.05, 0) is 41.3 Å². The van der Waals surface area contributed by atoms with Crippen LogP contribution in [0.3, 0.4) is 0 Å². The molecule has 0 heterocycles. The normalized spacial score (nSPS) is 10.8. The van der Waals surface area contributed by atoms with E-state index in [2.05, 4.69) is 15.9 Å². The summed E-state index contributed by atoms with van der Waals surface area (Å²) in [7, 11) is -1.76. The molecule has 1 N–H and O–H groups in total. The Labute approximate surface area is 166 Å². The average Bonchev–Trinajstić information content (AvgIpc) is 2.62. The maximum absolute atomic E-state index is 12.5. The van der Waals surface area contributed by atoms with Gasteiger partial charge in [0.25, 0.3) is 5.97 Å². The Morgan fingerprint density at radius 1 is 1.04 bits per heavy atom. The summed E-state index contributed by atoms with van der Waals surface area (Å²) in [6.07, 6.45) is 0. The number of carboxylic acids is 1. The van der Waals surface area contributed by atoms with Gasteiger partial charge in [-0.25, -0.2) is 8.42 Å². The van der Waals surface area contributed by atoms with Crippen LogP contribution in [0.5, 0.6) is 5.75 Å². The van der Waals surface area contributed by atoms with Crippen LogP contribution < -0.4 is 4.74 Å². The largest absolute Gasteiger partial charge is 0.496 e. The summed E-state index contributed by atoms with van der Waals surface area (Å²) in [5, 5.41) is 9.30. The molecule has 0 saturated heterocycles. The van der Waals surface area contributed by atoms with Crippen molar-refractivity contribution >= 4 is 42.5 Å². The first-order valence-corrected chi connectivity index (χ1v) is 10.4. The van der Waals surface area contributed by atoms with Gasteiger partial charge in [-0.1, -0.05) is 46.3 Å². The molecule has 3 aromatic rings. The van der Waals surface area contributed by atoms with Crippen LogP contribution in [-0.4, -0.2) is 26.6 Å². The van der Waals surface area contributed by atoms with E-state index in [0.29, 0.717) is 4.90 Å². The predicted molar refractivity (Wildman–Crippen MR) is 109 cm³/mol. The summed E-state index contributed by atoms with van der Waals surface area (Å²) >= 11 is 3.51. The number of rotatable bonds is 4. The zero-order chi connectivity index (χ0) is 20.0. The van der Waals surface area contributed by atoms with Gasteiger partial charge in [0, 0.05) is 16.8 Å². The third-order valence-corrected chi connectivity index (χ3v) is 6.06. The fourth-order valence-corrected chi connectivity index (χ4v) is 4.37. The van der Waals surface area contributed by atoms with Crippen molar-refractivity contribution in [2.75, 3.05) is 7.11 Å². The number of hydrogen-bond acceptors (Lipinski definition) is 4. The van der Waals surface area contributed by atoms with Crippen LogP contribution >= 0.6 is 15.9 Å². The average molecular weight is 451 g/mol. The van der Waals surface area contributed by atoms with Crippen molar-refractivity contribution < 1.29 is 23.1 Å². The number of aliphatic carboxylic acids is 1. The number of sulfone groups is 1. The van der Waals surface area contributed by atoms with Crippen molar-refractivity contribution in [1.82, 2.24) is 0 Å². The maximum atomic E-state index is 12.5. The second-order valence-electron chi connectivity index (χ2n) is 5.72. The molecule has 7 heteroatoms. The number of ether oxygens (including phenoxy) is 1. The molecule has 0 aliphatic carbocycles. The highest BCUT2D eigenvalue weighted by Crippen LogP contribution is 2.33. The van der Waals surface area contributed by atoms with E-state index < -0.39 is 15.8 Å². The summed E-state index contributed by atoms with van der Waals surface area (Å²) in [6.45, 7) is 1.08. The van der Waals surface area contributed by atoms with Crippen molar-refractivity contribution in [2.24, 2.45) is 0 Å². The molecule has 0 fully saturated rings. The SMILES string of the molecule is CC(=O)O.COc1ccc(Br)c2ccc(CS(=O)(=O)c3ccccc3)cc12. The molecule has 0 aromatic heterocycles. The van der Waals surface area contributed by atoms with Crippen molar-refractivity contribution in [2.45, 2.75) is 17.6 Å². The van der Waals surface area contributed by atoms with E-state index >= 15 is 0 Å². The first-order chi connectivity index (χ1) is 12.7. The fraction of sp³-hybridized carbons (Fsp3) is 0.150. The van der Waals surface area contributed by atoms with Gasteiger partial charge >= 0.3 is 0 Å². The lowest BCUT2D eigenvalue weighted by Gasteiger charge is -2.10. The third-order valence-electron chi connectivity index (χ3n) is 3.67. The Morgan fingerprint density at radius 2 is 1.67 bits per heavy atom. The van der Waals surface area contributed by atoms with Crippen LogP contribution in [-0.2, 0) is 20.4 Å². The molecule has 0 saturated carbocycles. The van der Waals surface area contributed by atoms with Crippen LogP contribution in [0.25, 0.3) is 10.8 Å². The number of carboxylic acid groups (broad SMARTS) is 1. The second-order valence-corrected chi connectivity index (χ2v) is 8.56. The van der Waals surface area contributed by atoms with Crippen LogP contribution in [0.4, 0.5) is 0 Å². The zero-order valence-electron chi connectivity index (χ0n) is 14.8. The minimum Gasteiger partial charge on any atom is -0.496 e. The molecule has 142 valence electrons. The van der Waals surface area contributed by atoms with Gasteiger partial charge in [-0.3, -0.25) is 4.79 Å². The van der Waals surface area contributed by atoms with Crippen molar-refractivity contribution in [3.05, 3.63) is 70.7 Å². The molecule has 0 bridgehead atoms. The van der Waals surface area contributed by atoms with Crippen LogP contribution in [0.15, 0.2) is 70.0 Å². The molecular formula is C20H19BrO5S. The quantitative estimate of drug-likeness (QED) is 0.623. The molecule has 0 spiro atoms. The van der Waals surface area contributed by atoms with E-state index in [0.717, 1.165) is 33.5 Å². The van der Waals surface area contributed by atoms with Crippen LogP contribution in [0.1, 0.15) is 12.5 Å². The fourth-order valence-electron chi connectivity index (χ4n) is 2.53. The minimum atomic E-state index is -3.36. The highest BCUT2D eigenvalue weighted by molar-refractivity contribution is 9.10. The highest BCUT2D eigenvalue weighted by Gasteiger charge is 2.16. The molecule has 0 atom stereocenters. The van der Waals surface area contributed by atoms with Gasteiger partial charge in [0.1, 0.15) is 5.75 Å². The predicted octanol–water partition coefficient (Wildman–Crippen LogP) is 4.68. The van der Waals surface area contributed by atoms with Gasteiger partial charge < -0.3 is 9.84 Å². The lowest BCUT2D eigenvalue weighted by molar-refractivity contribution is -0.134. The lowest BCUT2D eigenvalue weighted by atomic mass is 10.1. The molecule has 0 radical (unpaired) electrons. The second kappa shape index (κ2) is 9.01. The summed E-state index contributed by atoms with van der Waals surface area (Å²) < 4.78 is 31.4. The zero-order valence-corrected chi connectivity index (χ0v) is 17.2. The number of benzene rings is 3. The van der Waals surface area contributed by atoms with E-state index in [9.17, 15) is 8.42 Å². The third kappa shape index (κ3) is 5.55. The van der Waals surface area contributed by atoms with Gasteiger partial charge in [-0.2, -0.15) is 0 Å². The topological polar surface area (TPSA) is 80.7 Å². The number of methoxy groups -OCH3 is 1. The van der Waals surface area contributed by atoms with E-state index in [4.69, 9.17) is 14.6 Å². The van der Waals surface area contributed by atoms with Crippen molar-refractivity contribution in [3.8, 4) is 5.75 Å². The first kappa shape index (κ1) is 20.9. The molecule has 0 unspecified atom stereocenters. The van der Waals surface area contributed by atoms with Crippen molar-refractivity contribution in [1.29, 1.82) is 0 Å². The smallest absolute Gasteiger partial charge is 0.300 e. The molecule has 3 rings (SSSR count). The van der Waals surface area contributed by atoms with Gasteiger partial charge in [0.05, 0.1) is 17.8 Å². The van der Waals surface area contributed by atoms with E-state index in [-0.39, 0.29) is 5.75 Å². The standard InChI is InChI=1S/C18H15BrO3S.C2H4O2/c1-22-18-10-9-17(19)15-8-7-13(11-16(15)18)12-23(20,21)14-5-3-2-4-6-14;1-2(3)4/h2-11H,12H2,1H3;1H3,(H,3,4). The lowest BCUT2D eigenvalue weighted by Crippen LogP contribution is -2.04. The molecule has 0 amide bonds. The number of halogens is 1. The Bertz CT molecular complexity index is 1040. The summed E-state index contributed by atoms with van der Waals surface area (Å²) in [6, 6.07) is 17.9. The molecular weight excluding hydrogens is 432 g/mol. The molecule has 0 aliphatic heterocycles. The molecule has 0 aliphatic rings. The summed E-state index contributed by atoms with van der Waals surface area (Å²) in [5.74, 6) is -0.148. The number of carbonyl (C=O) groups is 1. The van der Waals surface area contributed by atoms with Gasteiger partial charge in [-0.15, -0.1) is 0 Å². The number of hydrogen-bond donors (Lipinski definition) is 1. The van der Waals surface area contributed by atoms with Crippen molar-refractivity contribution in [3.63, 3.8) is 0 Å². The Hall–Kier alpha value is -2.38. The van der Waals surface area contributed by atoms with Gasteiger partial charge in [0.2, 0.25) is 0 Å². The number of fused-ring (bicyclic) bond motifs is 1. The first-order valence-electron chi connectivity index (χ1n) is 7.97. The summed E-state index contributed by atoms with van der Waals surface area (Å²) in [5.41, 5.74) is 0.734. The van der Waals surface area contributed by atoms with Crippen LogP contribution in [0.2, 0.25) is 0 Å². The van der Waals surface area contributed by atoms with E-state index in [1.54, 1.807) is 37.4 Å². The summed E-state index contributed by atoms with van der Waals surface area (Å²) in [4.78, 5) is 9.33. The van der Waals surface area contributed by atoms with E-state index in [1.165, 1.54) is 0 Å².